The molecule has 1 atom stereocenters. The Morgan fingerprint density at radius 2 is 2.00 bits per heavy atom. The van der Waals surface area contributed by atoms with Crippen molar-refractivity contribution >= 4 is 15.9 Å². The number of halogens is 1. The Labute approximate surface area is 97.7 Å². The molecule has 80 valence electrons. The van der Waals surface area contributed by atoms with E-state index >= 15 is 0 Å². The van der Waals surface area contributed by atoms with Crippen molar-refractivity contribution in [3.63, 3.8) is 0 Å². The van der Waals surface area contributed by atoms with Gasteiger partial charge in [-0.05, 0) is 40.5 Å². The van der Waals surface area contributed by atoms with Crippen LogP contribution in [0.2, 0.25) is 0 Å². The summed E-state index contributed by atoms with van der Waals surface area (Å²) in [5.41, 5.74) is 0.905. The molecule has 0 spiro atoms. The molecule has 0 saturated carbocycles. The van der Waals surface area contributed by atoms with Crippen molar-refractivity contribution in [2.24, 2.45) is 0 Å². The molecule has 0 radical (unpaired) electrons. The van der Waals surface area contributed by atoms with Crippen molar-refractivity contribution in [2.45, 2.75) is 12.8 Å². The molecule has 1 unspecified atom stereocenters. The summed E-state index contributed by atoms with van der Waals surface area (Å²) >= 11 is 3.38. The third kappa shape index (κ3) is 2.42. The van der Waals surface area contributed by atoms with Crippen LogP contribution in [0.3, 0.4) is 0 Å². The fourth-order valence-corrected chi connectivity index (χ4v) is 1.88. The number of hydrogen-bond donors (Lipinski definition) is 0. The molecule has 0 amide bonds. The lowest BCUT2D eigenvalue weighted by atomic mass is 10.0. The first kappa shape index (κ1) is 11.9. The van der Waals surface area contributed by atoms with Gasteiger partial charge in [0.05, 0.1) is 30.7 Å². The second kappa shape index (κ2) is 5.04. The van der Waals surface area contributed by atoms with Crippen LogP contribution in [0.5, 0.6) is 11.5 Å². The first-order valence-electron chi connectivity index (χ1n) is 4.45. The fourth-order valence-electron chi connectivity index (χ4n) is 1.26. The highest BCUT2D eigenvalue weighted by Gasteiger charge is 2.13. The quantitative estimate of drug-likeness (QED) is 0.847. The normalized spacial score (nSPS) is 11.7. The summed E-state index contributed by atoms with van der Waals surface area (Å²) in [5, 5.41) is 8.83. The summed E-state index contributed by atoms with van der Waals surface area (Å²) < 4.78 is 11.2. The van der Waals surface area contributed by atoms with E-state index in [2.05, 4.69) is 22.0 Å². The maximum absolute atomic E-state index is 8.83. The van der Waals surface area contributed by atoms with Crippen molar-refractivity contribution in [1.82, 2.24) is 0 Å². The van der Waals surface area contributed by atoms with E-state index in [1.807, 2.05) is 19.1 Å². The molecule has 0 heterocycles. The molecule has 1 rings (SSSR count). The first-order valence-corrected chi connectivity index (χ1v) is 5.24. The number of rotatable bonds is 3. The van der Waals surface area contributed by atoms with Gasteiger partial charge < -0.3 is 9.47 Å². The van der Waals surface area contributed by atoms with Crippen LogP contribution in [-0.4, -0.2) is 14.2 Å². The molecular weight excluding hydrogens is 258 g/mol. The zero-order valence-corrected chi connectivity index (χ0v) is 10.5. The molecule has 0 saturated heterocycles. The SMILES string of the molecule is COc1cc(C(C)C#N)cc(Br)c1OC. The molecule has 3 nitrogen and oxygen atoms in total. The van der Waals surface area contributed by atoms with Gasteiger partial charge in [-0.25, -0.2) is 0 Å². The second-order valence-electron chi connectivity index (χ2n) is 3.09. The van der Waals surface area contributed by atoms with Crippen LogP contribution in [0.4, 0.5) is 0 Å². The highest BCUT2D eigenvalue weighted by Crippen LogP contribution is 2.37. The lowest BCUT2D eigenvalue weighted by Crippen LogP contribution is -1.96. The maximum Gasteiger partial charge on any atom is 0.174 e. The molecule has 0 aliphatic rings. The van der Waals surface area contributed by atoms with Gasteiger partial charge >= 0.3 is 0 Å². The number of methoxy groups -OCH3 is 2. The van der Waals surface area contributed by atoms with Crippen LogP contribution < -0.4 is 9.47 Å². The van der Waals surface area contributed by atoms with E-state index in [9.17, 15) is 0 Å². The minimum Gasteiger partial charge on any atom is -0.493 e. The molecule has 1 aromatic rings. The van der Waals surface area contributed by atoms with Gasteiger partial charge in [0, 0.05) is 0 Å². The third-order valence-electron chi connectivity index (χ3n) is 2.15. The minimum absolute atomic E-state index is 0.166. The van der Waals surface area contributed by atoms with Gasteiger partial charge in [-0.15, -0.1) is 0 Å². The largest absolute Gasteiger partial charge is 0.493 e. The molecule has 15 heavy (non-hydrogen) atoms. The van der Waals surface area contributed by atoms with Crippen LogP contribution in [0, 0.1) is 11.3 Å². The average molecular weight is 270 g/mol. The van der Waals surface area contributed by atoms with Crippen molar-refractivity contribution in [2.75, 3.05) is 14.2 Å². The lowest BCUT2D eigenvalue weighted by Gasteiger charge is -2.12. The molecule has 1 aromatic carbocycles. The predicted molar refractivity (Wildman–Crippen MR) is 61.3 cm³/mol. The van der Waals surface area contributed by atoms with Gasteiger partial charge in [0.15, 0.2) is 11.5 Å². The average Bonchev–Trinajstić information content (AvgIpc) is 2.26. The summed E-state index contributed by atoms with van der Waals surface area (Å²) in [7, 11) is 3.15. The summed E-state index contributed by atoms with van der Waals surface area (Å²) in [6, 6.07) is 5.87. The van der Waals surface area contributed by atoms with Crippen LogP contribution in [0.1, 0.15) is 18.4 Å². The number of benzene rings is 1. The molecule has 0 aliphatic carbocycles. The summed E-state index contributed by atoms with van der Waals surface area (Å²) in [6.07, 6.45) is 0. The van der Waals surface area contributed by atoms with Crippen molar-refractivity contribution < 1.29 is 9.47 Å². The maximum atomic E-state index is 8.83. The lowest BCUT2D eigenvalue weighted by molar-refractivity contribution is 0.352. The smallest absolute Gasteiger partial charge is 0.174 e. The van der Waals surface area contributed by atoms with Crippen LogP contribution in [-0.2, 0) is 0 Å². The Kier molecular flexibility index (Phi) is 3.98. The highest BCUT2D eigenvalue weighted by atomic mass is 79.9. The minimum atomic E-state index is -0.166. The fraction of sp³-hybridized carbons (Fsp3) is 0.364. The highest BCUT2D eigenvalue weighted by molar-refractivity contribution is 9.10. The number of hydrogen-bond acceptors (Lipinski definition) is 3. The Morgan fingerprint density at radius 1 is 1.33 bits per heavy atom. The molecule has 0 fully saturated rings. The Balaban J connectivity index is 3.26. The van der Waals surface area contributed by atoms with E-state index in [1.54, 1.807) is 14.2 Å². The van der Waals surface area contributed by atoms with E-state index in [-0.39, 0.29) is 5.92 Å². The van der Waals surface area contributed by atoms with Gasteiger partial charge in [-0.3, -0.25) is 0 Å². The second-order valence-corrected chi connectivity index (χ2v) is 3.94. The molecule has 0 aliphatic heterocycles. The molecule has 0 aromatic heterocycles. The van der Waals surface area contributed by atoms with Gasteiger partial charge in [-0.2, -0.15) is 5.26 Å². The Morgan fingerprint density at radius 3 is 2.47 bits per heavy atom. The Bertz CT molecular complexity index is 398. The zero-order chi connectivity index (χ0) is 11.4. The van der Waals surface area contributed by atoms with E-state index in [0.29, 0.717) is 11.5 Å². The first-order chi connectivity index (χ1) is 7.13. The van der Waals surface area contributed by atoms with Crippen LogP contribution in [0.15, 0.2) is 16.6 Å². The van der Waals surface area contributed by atoms with Gasteiger partial charge in [0.2, 0.25) is 0 Å². The number of ether oxygens (including phenoxy) is 2. The standard InChI is InChI=1S/C11H12BrNO2/c1-7(6-13)8-4-9(12)11(15-3)10(5-8)14-2/h4-5,7H,1-3H3. The Hall–Kier alpha value is -1.21. The number of nitriles is 1. The van der Waals surface area contributed by atoms with E-state index in [0.717, 1.165) is 10.0 Å². The molecular formula is C11H12BrNO2. The van der Waals surface area contributed by atoms with Gasteiger partial charge in [-0.1, -0.05) is 0 Å². The van der Waals surface area contributed by atoms with E-state index in [1.165, 1.54) is 0 Å². The summed E-state index contributed by atoms with van der Waals surface area (Å²) in [4.78, 5) is 0. The van der Waals surface area contributed by atoms with Gasteiger partial charge in [0.1, 0.15) is 0 Å². The summed E-state index contributed by atoms with van der Waals surface area (Å²) in [5.74, 6) is 1.11. The van der Waals surface area contributed by atoms with E-state index < -0.39 is 0 Å². The molecule has 0 N–H and O–H groups in total. The molecule has 4 heteroatoms. The summed E-state index contributed by atoms with van der Waals surface area (Å²) in [6.45, 7) is 1.84. The zero-order valence-electron chi connectivity index (χ0n) is 8.87. The topological polar surface area (TPSA) is 42.2 Å². The van der Waals surface area contributed by atoms with Crippen molar-refractivity contribution in [3.8, 4) is 17.6 Å². The van der Waals surface area contributed by atoms with Crippen LogP contribution in [0.25, 0.3) is 0 Å². The van der Waals surface area contributed by atoms with E-state index in [4.69, 9.17) is 14.7 Å². The van der Waals surface area contributed by atoms with Crippen molar-refractivity contribution in [3.05, 3.63) is 22.2 Å². The number of nitrogens with zero attached hydrogens (tertiary/aromatic N) is 1. The van der Waals surface area contributed by atoms with Crippen molar-refractivity contribution in [1.29, 1.82) is 5.26 Å². The monoisotopic (exact) mass is 269 g/mol. The predicted octanol–water partition coefficient (Wildman–Crippen LogP) is 3.09. The molecule has 0 bridgehead atoms. The van der Waals surface area contributed by atoms with Gasteiger partial charge in [0.25, 0.3) is 0 Å². The third-order valence-corrected chi connectivity index (χ3v) is 2.74. The van der Waals surface area contributed by atoms with Crippen LogP contribution >= 0.6 is 15.9 Å².